The van der Waals surface area contributed by atoms with E-state index in [4.69, 9.17) is 5.11 Å². The van der Waals surface area contributed by atoms with Gasteiger partial charge in [-0.1, -0.05) is 30.3 Å². The number of aliphatic carboxylic acids is 1. The van der Waals surface area contributed by atoms with E-state index < -0.39 is 12.0 Å². The predicted molar refractivity (Wildman–Crippen MR) is 88.7 cm³/mol. The summed E-state index contributed by atoms with van der Waals surface area (Å²) in [6, 6.07) is 9.20. The lowest BCUT2D eigenvalue weighted by molar-refractivity contribution is -0.139. The summed E-state index contributed by atoms with van der Waals surface area (Å²) in [5.74, 6) is 0.658. The fraction of sp³-hybridized carbons (Fsp3) is 0.312. The maximum absolute atomic E-state index is 11.2. The van der Waals surface area contributed by atoms with Crippen LogP contribution in [0.4, 0.5) is 0 Å². The van der Waals surface area contributed by atoms with E-state index in [-0.39, 0.29) is 0 Å². The average Bonchev–Trinajstić information content (AvgIpc) is 2.56. The summed E-state index contributed by atoms with van der Waals surface area (Å²) in [4.78, 5) is 19.8. The first-order valence-corrected chi connectivity index (χ1v) is 8.41. The van der Waals surface area contributed by atoms with Gasteiger partial charge in [-0.15, -0.1) is 0 Å². The van der Waals surface area contributed by atoms with Crippen LogP contribution in [-0.4, -0.2) is 39.1 Å². The maximum atomic E-state index is 11.2. The number of hydrogen-bond acceptors (Lipinski definition) is 5. The van der Waals surface area contributed by atoms with Gasteiger partial charge in [-0.25, -0.2) is 9.97 Å². The molecule has 0 aliphatic heterocycles. The minimum atomic E-state index is -0.823. The first-order chi connectivity index (χ1) is 10.7. The molecule has 0 bridgehead atoms. The predicted octanol–water partition coefficient (Wildman–Crippen LogP) is 2.44. The number of aromatic nitrogens is 2. The van der Waals surface area contributed by atoms with Crippen molar-refractivity contribution in [1.82, 2.24) is 15.3 Å². The lowest BCUT2D eigenvalue weighted by Crippen LogP contribution is -2.36. The fourth-order valence-electron chi connectivity index (χ4n) is 1.97. The minimum absolute atomic E-state index is 0.445. The highest BCUT2D eigenvalue weighted by atomic mass is 32.2. The van der Waals surface area contributed by atoms with Crippen molar-refractivity contribution in [2.45, 2.75) is 19.0 Å². The van der Waals surface area contributed by atoms with Crippen molar-refractivity contribution in [1.29, 1.82) is 0 Å². The van der Waals surface area contributed by atoms with Crippen molar-refractivity contribution < 1.29 is 9.90 Å². The Balaban J connectivity index is 1.95. The Kier molecular flexibility index (Phi) is 6.36. The highest BCUT2D eigenvalue weighted by Gasteiger charge is 2.16. The van der Waals surface area contributed by atoms with Gasteiger partial charge in [0.15, 0.2) is 5.82 Å². The zero-order chi connectivity index (χ0) is 15.8. The molecule has 0 saturated carbocycles. The quantitative estimate of drug-likeness (QED) is 0.779. The molecule has 0 aliphatic carbocycles. The molecule has 0 saturated heterocycles. The van der Waals surface area contributed by atoms with Gasteiger partial charge >= 0.3 is 5.97 Å². The van der Waals surface area contributed by atoms with E-state index in [1.165, 1.54) is 0 Å². The van der Waals surface area contributed by atoms with E-state index >= 15 is 0 Å². The van der Waals surface area contributed by atoms with E-state index in [1.807, 2.05) is 36.6 Å². The van der Waals surface area contributed by atoms with Crippen LogP contribution in [0.25, 0.3) is 11.4 Å². The van der Waals surface area contributed by atoms with Gasteiger partial charge in [0.2, 0.25) is 0 Å². The smallest absolute Gasteiger partial charge is 0.320 e. The Bertz CT molecular complexity index is 590. The van der Waals surface area contributed by atoms with Gasteiger partial charge in [0.25, 0.3) is 0 Å². The Morgan fingerprint density at radius 2 is 1.95 bits per heavy atom. The molecule has 1 aromatic carbocycles. The molecule has 0 fully saturated rings. The van der Waals surface area contributed by atoms with Gasteiger partial charge in [-0.2, -0.15) is 11.8 Å². The molecule has 2 N–H and O–H groups in total. The number of carbonyl (C=O) groups is 1. The van der Waals surface area contributed by atoms with Crippen LogP contribution in [0.15, 0.2) is 42.7 Å². The Labute approximate surface area is 134 Å². The SMILES string of the molecule is CSCC[C@@H](NCc1cnc(-c2ccccc2)nc1)C(=O)O. The van der Waals surface area contributed by atoms with E-state index in [0.717, 1.165) is 16.9 Å². The van der Waals surface area contributed by atoms with Crippen molar-refractivity contribution in [3.63, 3.8) is 0 Å². The second-order valence-electron chi connectivity index (χ2n) is 4.83. The highest BCUT2D eigenvalue weighted by molar-refractivity contribution is 7.98. The van der Waals surface area contributed by atoms with Gasteiger partial charge in [-0.3, -0.25) is 4.79 Å². The summed E-state index contributed by atoms with van der Waals surface area (Å²) in [5.41, 5.74) is 1.83. The summed E-state index contributed by atoms with van der Waals surface area (Å²) < 4.78 is 0. The Morgan fingerprint density at radius 3 is 2.55 bits per heavy atom. The van der Waals surface area contributed by atoms with Crippen LogP contribution >= 0.6 is 11.8 Å². The van der Waals surface area contributed by atoms with Gasteiger partial charge in [0, 0.05) is 30.1 Å². The monoisotopic (exact) mass is 317 g/mol. The van der Waals surface area contributed by atoms with Gasteiger partial charge in [0.05, 0.1) is 0 Å². The first-order valence-electron chi connectivity index (χ1n) is 7.02. The van der Waals surface area contributed by atoms with Crippen LogP contribution in [-0.2, 0) is 11.3 Å². The van der Waals surface area contributed by atoms with Gasteiger partial charge in [-0.05, 0) is 18.4 Å². The average molecular weight is 317 g/mol. The van der Waals surface area contributed by atoms with Crippen molar-refractivity contribution in [2.75, 3.05) is 12.0 Å². The summed E-state index contributed by atoms with van der Waals surface area (Å²) in [7, 11) is 0. The lowest BCUT2D eigenvalue weighted by atomic mass is 10.2. The maximum Gasteiger partial charge on any atom is 0.320 e. The third kappa shape index (κ3) is 4.82. The number of hydrogen-bond donors (Lipinski definition) is 2. The number of rotatable bonds is 8. The molecule has 2 rings (SSSR count). The highest BCUT2D eigenvalue weighted by Crippen LogP contribution is 2.13. The van der Waals surface area contributed by atoms with Crippen LogP contribution in [0.5, 0.6) is 0 Å². The minimum Gasteiger partial charge on any atom is -0.480 e. The Hall–Kier alpha value is -1.92. The van der Waals surface area contributed by atoms with E-state index in [2.05, 4.69) is 15.3 Å². The summed E-state index contributed by atoms with van der Waals surface area (Å²) in [5, 5.41) is 12.2. The molecule has 1 heterocycles. The summed E-state index contributed by atoms with van der Waals surface area (Å²) >= 11 is 1.64. The molecule has 0 unspecified atom stereocenters. The van der Waals surface area contributed by atoms with E-state index in [9.17, 15) is 4.79 Å². The van der Waals surface area contributed by atoms with Crippen molar-refractivity contribution in [3.8, 4) is 11.4 Å². The molecular formula is C16H19N3O2S. The molecule has 0 radical (unpaired) electrons. The summed E-state index contributed by atoms with van der Waals surface area (Å²) in [6.07, 6.45) is 6.03. The van der Waals surface area contributed by atoms with Crippen molar-refractivity contribution >= 4 is 17.7 Å². The number of nitrogens with zero attached hydrogens (tertiary/aromatic N) is 2. The van der Waals surface area contributed by atoms with Gasteiger partial charge < -0.3 is 10.4 Å². The molecular weight excluding hydrogens is 298 g/mol. The number of carboxylic acid groups (broad SMARTS) is 1. The fourth-order valence-corrected chi connectivity index (χ4v) is 2.44. The Morgan fingerprint density at radius 1 is 1.27 bits per heavy atom. The van der Waals surface area contributed by atoms with Crippen LogP contribution in [0.1, 0.15) is 12.0 Å². The second-order valence-corrected chi connectivity index (χ2v) is 5.82. The first kappa shape index (κ1) is 16.5. The zero-order valence-electron chi connectivity index (χ0n) is 12.4. The molecule has 116 valence electrons. The third-order valence-corrected chi connectivity index (χ3v) is 3.84. The molecule has 6 heteroatoms. The van der Waals surface area contributed by atoms with Crippen LogP contribution in [0.2, 0.25) is 0 Å². The molecule has 0 aliphatic rings. The van der Waals surface area contributed by atoms with Crippen LogP contribution < -0.4 is 5.32 Å². The number of carboxylic acids is 1. The molecule has 1 atom stereocenters. The molecule has 5 nitrogen and oxygen atoms in total. The summed E-state index contributed by atoms with van der Waals surface area (Å²) in [6.45, 7) is 0.445. The second kappa shape index (κ2) is 8.51. The molecule has 2 aromatic rings. The standard InChI is InChI=1S/C16H19N3O2S/c1-22-8-7-14(16(20)21)17-9-12-10-18-15(19-11-12)13-5-3-2-4-6-13/h2-6,10-11,14,17H,7-9H2,1H3,(H,20,21)/t14-/m1/s1. The van der Waals surface area contributed by atoms with Crippen molar-refractivity contribution in [2.24, 2.45) is 0 Å². The largest absolute Gasteiger partial charge is 0.480 e. The number of nitrogens with one attached hydrogen (secondary N) is 1. The van der Waals surface area contributed by atoms with Crippen LogP contribution in [0.3, 0.4) is 0 Å². The molecule has 22 heavy (non-hydrogen) atoms. The number of thioether (sulfide) groups is 1. The van der Waals surface area contributed by atoms with E-state index in [0.29, 0.717) is 18.8 Å². The van der Waals surface area contributed by atoms with Crippen LogP contribution in [0, 0.1) is 0 Å². The van der Waals surface area contributed by atoms with E-state index in [1.54, 1.807) is 24.2 Å². The number of benzene rings is 1. The zero-order valence-corrected chi connectivity index (χ0v) is 13.2. The van der Waals surface area contributed by atoms with Crippen molar-refractivity contribution in [3.05, 3.63) is 48.3 Å². The molecule has 0 amide bonds. The third-order valence-electron chi connectivity index (χ3n) is 3.20. The van der Waals surface area contributed by atoms with Gasteiger partial charge in [0.1, 0.15) is 6.04 Å². The normalized spacial score (nSPS) is 12.0. The topological polar surface area (TPSA) is 75.1 Å². The molecule has 1 aromatic heterocycles. The molecule has 0 spiro atoms. The lowest BCUT2D eigenvalue weighted by Gasteiger charge is -2.13.